The van der Waals surface area contributed by atoms with Crippen LogP contribution in [0.5, 0.6) is 0 Å². The number of likely N-dealkylation sites (tertiary alicyclic amines) is 2. The van der Waals surface area contributed by atoms with Gasteiger partial charge in [0.05, 0.1) is 18.1 Å². The maximum absolute atomic E-state index is 13.8. The molecule has 2 saturated heterocycles. The molecule has 9 nitrogen and oxygen atoms in total. The molecule has 4 atom stereocenters. The van der Waals surface area contributed by atoms with Gasteiger partial charge in [-0.05, 0) is 70.1 Å². The predicted octanol–water partition coefficient (Wildman–Crippen LogP) is 2.21. The zero-order valence-electron chi connectivity index (χ0n) is 22.0. The number of rotatable bonds is 10. The quantitative estimate of drug-likeness (QED) is 0.393. The van der Waals surface area contributed by atoms with Crippen LogP contribution in [0.2, 0.25) is 0 Å². The molecule has 208 valence electrons. The first-order chi connectivity index (χ1) is 18.0. The first-order valence-corrected chi connectivity index (χ1v) is 13.1. The van der Waals surface area contributed by atoms with Gasteiger partial charge >= 0.3 is 13.2 Å². The van der Waals surface area contributed by atoms with E-state index in [0.29, 0.717) is 38.0 Å². The van der Waals surface area contributed by atoms with Crippen LogP contribution >= 0.6 is 0 Å². The fourth-order valence-electron chi connectivity index (χ4n) is 5.22. The number of ether oxygens (including phenoxy) is 1. The van der Waals surface area contributed by atoms with Crippen molar-refractivity contribution >= 4 is 19.1 Å². The molecule has 2 aliphatic heterocycles. The summed E-state index contributed by atoms with van der Waals surface area (Å²) in [6.45, 7) is 5.04. The van der Waals surface area contributed by atoms with Crippen molar-refractivity contribution < 1.29 is 33.2 Å². The summed E-state index contributed by atoms with van der Waals surface area (Å²) in [6.07, 6.45) is 1.16. The molecule has 2 heterocycles. The number of hydrogen-bond donors (Lipinski definition) is 3. The van der Waals surface area contributed by atoms with Crippen LogP contribution in [0.15, 0.2) is 24.3 Å². The van der Waals surface area contributed by atoms with E-state index in [-0.39, 0.29) is 25.4 Å². The molecular weight excluding hydrogens is 497 g/mol. The molecule has 1 aromatic rings. The Balaban J connectivity index is 1.57. The van der Waals surface area contributed by atoms with Gasteiger partial charge in [0.25, 0.3) is 0 Å². The lowest BCUT2D eigenvalue weighted by Gasteiger charge is -2.40. The topological polar surface area (TPSA) is 126 Å². The summed E-state index contributed by atoms with van der Waals surface area (Å²) in [7, 11) is -1.87. The monoisotopic (exact) mass is 534 g/mol. The van der Waals surface area contributed by atoms with E-state index in [1.54, 1.807) is 4.90 Å². The lowest BCUT2D eigenvalue weighted by Crippen LogP contribution is -2.52. The summed E-state index contributed by atoms with van der Waals surface area (Å²) < 4.78 is 32.2. The second-order valence-electron chi connectivity index (χ2n) is 10.8. The zero-order chi connectivity index (χ0) is 27.9. The number of halogens is 2. The number of alkyl halides is 1. The number of benzene rings is 1. The van der Waals surface area contributed by atoms with E-state index in [0.717, 1.165) is 12.8 Å². The van der Waals surface area contributed by atoms with Crippen LogP contribution in [0.25, 0.3) is 0 Å². The second kappa shape index (κ2) is 13.4. The highest BCUT2D eigenvalue weighted by Gasteiger charge is 2.40. The van der Waals surface area contributed by atoms with Crippen molar-refractivity contribution in [2.24, 2.45) is 5.92 Å². The zero-order valence-corrected chi connectivity index (χ0v) is 22.0. The van der Waals surface area contributed by atoms with E-state index in [9.17, 15) is 33.7 Å². The van der Waals surface area contributed by atoms with Gasteiger partial charge in [0, 0.05) is 25.2 Å². The summed E-state index contributed by atoms with van der Waals surface area (Å²) in [6, 6.07) is 7.15. The Morgan fingerprint density at radius 3 is 2.55 bits per heavy atom. The van der Waals surface area contributed by atoms with Crippen molar-refractivity contribution in [3.05, 3.63) is 35.6 Å². The Bertz CT molecular complexity index is 991. The molecule has 0 spiro atoms. The predicted molar refractivity (Wildman–Crippen MR) is 137 cm³/mol. The van der Waals surface area contributed by atoms with Crippen molar-refractivity contribution in [3.8, 4) is 6.07 Å². The highest BCUT2D eigenvalue weighted by Crippen LogP contribution is 2.30. The van der Waals surface area contributed by atoms with Crippen LogP contribution in [0.1, 0.15) is 51.5 Å². The number of amides is 2. The summed E-state index contributed by atoms with van der Waals surface area (Å²) >= 11 is 0. The molecule has 1 aromatic carbocycles. The van der Waals surface area contributed by atoms with Gasteiger partial charge in [-0.1, -0.05) is 12.1 Å². The van der Waals surface area contributed by atoms with Gasteiger partial charge in [0.2, 0.25) is 5.91 Å². The van der Waals surface area contributed by atoms with Crippen LogP contribution < -0.4 is 5.32 Å². The van der Waals surface area contributed by atoms with Crippen molar-refractivity contribution in [2.45, 2.75) is 76.1 Å². The van der Waals surface area contributed by atoms with E-state index in [1.807, 2.05) is 18.7 Å². The van der Waals surface area contributed by atoms with Gasteiger partial charge in [-0.3, -0.25) is 9.69 Å². The largest absolute Gasteiger partial charge is 0.475 e. The molecule has 3 N–H and O–H groups in total. The Morgan fingerprint density at radius 2 is 1.95 bits per heavy atom. The van der Waals surface area contributed by atoms with Crippen LogP contribution in [0.4, 0.5) is 13.6 Å². The number of carbonyl (C=O) groups excluding carboxylic acids is 2. The third-order valence-electron chi connectivity index (χ3n) is 7.49. The summed E-state index contributed by atoms with van der Waals surface area (Å²) in [5.74, 6) is -2.76. The molecular formula is C26H37BF2N4O5. The van der Waals surface area contributed by atoms with Crippen LogP contribution in [-0.4, -0.2) is 88.9 Å². The number of nitrogens with one attached hydrogen (secondary N) is 1. The average molecular weight is 534 g/mol. The first-order valence-electron chi connectivity index (χ1n) is 13.1. The van der Waals surface area contributed by atoms with Gasteiger partial charge in [-0.2, -0.15) is 5.26 Å². The van der Waals surface area contributed by atoms with Gasteiger partial charge < -0.3 is 25.0 Å². The van der Waals surface area contributed by atoms with Gasteiger partial charge in [-0.25, -0.2) is 13.6 Å². The molecule has 3 rings (SSSR count). The Kier molecular flexibility index (Phi) is 10.5. The first kappa shape index (κ1) is 29.8. The number of piperidine rings is 1. The Hall–Kier alpha value is -2.75. The number of alkyl carbamates (subject to hydrolysis) is 1. The minimum absolute atomic E-state index is 0.0426. The highest BCUT2D eigenvalue weighted by atomic mass is 19.1. The summed E-state index contributed by atoms with van der Waals surface area (Å²) in [5.41, 5.74) is 0.0683. The fourth-order valence-corrected chi connectivity index (χ4v) is 5.22. The Labute approximate surface area is 222 Å². The average Bonchev–Trinajstić information content (AvgIpc) is 3.34. The molecule has 38 heavy (non-hydrogen) atoms. The van der Waals surface area contributed by atoms with E-state index in [2.05, 4.69) is 11.4 Å². The molecule has 0 radical (unpaired) electrons. The van der Waals surface area contributed by atoms with Gasteiger partial charge in [-0.15, -0.1) is 0 Å². The van der Waals surface area contributed by atoms with Gasteiger partial charge in [0.15, 0.2) is 0 Å². The number of nitriles is 1. The third kappa shape index (κ3) is 8.12. The smallest absolute Gasteiger partial charge is 0.447 e. The van der Waals surface area contributed by atoms with E-state index in [4.69, 9.17) is 4.74 Å². The second-order valence-corrected chi connectivity index (χ2v) is 10.8. The summed E-state index contributed by atoms with van der Waals surface area (Å²) in [4.78, 5) is 29.4. The standard InChI is InChI=1S/C26H37BF2N4O5/c1-26(2,32-12-10-21(29)16-32)14-19(15-30)24(34)33-11-4-3-5-22(33)17-38-25(35)31-23(27(36)37)13-18-6-8-20(28)9-7-18/h6-9,19,21-23,36-37H,3-5,10-14,16-17H2,1-2H3,(H,31,35)/t19?,21-,22-,23+/m1/s1. The minimum atomic E-state index is -1.87. The van der Waals surface area contributed by atoms with Crippen molar-refractivity contribution in [3.63, 3.8) is 0 Å². The van der Waals surface area contributed by atoms with Crippen LogP contribution in [-0.2, 0) is 16.0 Å². The molecule has 2 amide bonds. The number of nitrogens with zero attached hydrogens (tertiary/aromatic N) is 3. The third-order valence-corrected chi connectivity index (χ3v) is 7.49. The maximum atomic E-state index is 13.8. The van der Waals surface area contributed by atoms with Crippen molar-refractivity contribution in [1.29, 1.82) is 5.26 Å². The highest BCUT2D eigenvalue weighted by molar-refractivity contribution is 6.43. The fraction of sp³-hybridized carbons (Fsp3) is 0.654. The van der Waals surface area contributed by atoms with Crippen LogP contribution in [0, 0.1) is 23.1 Å². The molecule has 0 aromatic heterocycles. The summed E-state index contributed by atoms with van der Waals surface area (Å²) in [5, 5.41) is 31.6. The van der Waals surface area contributed by atoms with Crippen LogP contribution in [0.3, 0.4) is 0 Å². The molecule has 2 aliphatic rings. The number of carbonyl (C=O) groups is 2. The van der Waals surface area contributed by atoms with Crippen molar-refractivity contribution in [1.82, 2.24) is 15.1 Å². The number of hydrogen-bond acceptors (Lipinski definition) is 7. The molecule has 0 saturated carbocycles. The normalized spacial score (nSPS) is 21.9. The maximum Gasteiger partial charge on any atom is 0.475 e. The molecule has 0 bridgehead atoms. The van der Waals surface area contributed by atoms with E-state index < -0.39 is 48.6 Å². The Morgan fingerprint density at radius 1 is 1.24 bits per heavy atom. The van der Waals surface area contributed by atoms with E-state index in [1.165, 1.54) is 24.3 Å². The van der Waals surface area contributed by atoms with E-state index >= 15 is 0 Å². The SMILES string of the molecule is CC(C)(CC(C#N)C(=O)N1CCCC[C@@H]1COC(=O)N[C@@H](Cc1ccc(F)cc1)B(O)O)N1CC[C@@H](F)C1. The molecule has 2 fully saturated rings. The van der Waals surface area contributed by atoms with Gasteiger partial charge in [0.1, 0.15) is 24.5 Å². The molecule has 12 heteroatoms. The van der Waals surface area contributed by atoms with Crippen molar-refractivity contribution in [2.75, 3.05) is 26.2 Å². The lowest BCUT2D eigenvalue weighted by molar-refractivity contribution is -0.139. The molecule has 1 unspecified atom stereocenters. The molecule has 0 aliphatic carbocycles. The lowest BCUT2D eigenvalue weighted by atomic mass is 9.76. The minimum Gasteiger partial charge on any atom is -0.447 e.